The van der Waals surface area contributed by atoms with E-state index in [1.54, 1.807) is 0 Å². The SMILES string of the molecule is O=C(CCCCl)NC1c2ccccc2C=Cc2ccccc21. The number of rotatable bonds is 4. The first kappa shape index (κ1) is 14.9. The lowest BCUT2D eigenvalue weighted by Crippen LogP contribution is -2.29. The van der Waals surface area contributed by atoms with Crippen molar-refractivity contribution in [2.45, 2.75) is 18.9 Å². The third-order valence-electron chi connectivity index (χ3n) is 3.90. The maximum Gasteiger partial charge on any atom is 0.220 e. The van der Waals surface area contributed by atoms with E-state index < -0.39 is 0 Å². The van der Waals surface area contributed by atoms with Crippen LogP contribution in [0.2, 0.25) is 0 Å². The van der Waals surface area contributed by atoms with Gasteiger partial charge in [0.25, 0.3) is 0 Å². The van der Waals surface area contributed by atoms with Gasteiger partial charge in [-0.1, -0.05) is 60.7 Å². The molecule has 0 spiro atoms. The van der Waals surface area contributed by atoms with Gasteiger partial charge in [0.15, 0.2) is 0 Å². The van der Waals surface area contributed by atoms with Crippen molar-refractivity contribution in [3.63, 3.8) is 0 Å². The largest absolute Gasteiger partial charge is 0.345 e. The van der Waals surface area contributed by atoms with Gasteiger partial charge in [0, 0.05) is 12.3 Å². The Morgan fingerprint density at radius 1 is 0.955 bits per heavy atom. The standard InChI is InChI=1S/C19H18ClNO/c20-13-5-10-18(22)21-19-16-8-3-1-6-14(16)11-12-15-7-2-4-9-17(15)19/h1-4,6-9,11-12,19H,5,10,13H2,(H,21,22). The van der Waals surface area contributed by atoms with Crippen molar-refractivity contribution < 1.29 is 4.79 Å². The molecule has 22 heavy (non-hydrogen) atoms. The second kappa shape index (κ2) is 6.80. The molecular weight excluding hydrogens is 294 g/mol. The Morgan fingerprint density at radius 2 is 1.50 bits per heavy atom. The van der Waals surface area contributed by atoms with Gasteiger partial charge < -0.3 is 5.32 Å². The first-order chi connectivity index (χ1) is 10.8. The molecule has 1 aliphatic carbocycles. The number of carbonyl (C=O) groups is 1. The molecule has 0 saturated carbocycles. The fourth-order valence-electron chi connectivity index (χ4n) is 2.81. The molecule has 2 nitrogen and oxygen atoms in total. The Balaban J connectivity index is 2.00. The lowest BCUT2D eigenvalue weighted by Gasteiger charge is -2.22. The average molecular weight is 312 g/mol. The number of amides is 1. The maximum atomic E-state index is 12.2. The molecule has 1 N–H and O–H groups in total. The third-order valence-corrected chi connectivity index (χ3v) is 4.17. The van der Waals surface area contributed by atoms with Crippen LogP contribution in [0.5, 0.6) is 0 Å². The predicted octanol–water partition coefficient (Wildman–Crippen LogP) is 4.40. The summed E-state index contributed by atoms with van der Waals surface area (Å²) in [5, 5.41) is 3.17. The summed E-state index contributed by atoms with van der Waals surface area (Å²) in [5.41, 5.74) is 4.54. The van der Waals surface area contributed by atoms with Crippen LogP contribution in [0.15, 0.2) is 48.5 Å². The molecule has 1 aliphatic rings. The molecule has 0 fully saturated rings. The van der Waals surface area contributed by atoms with Crippen molar-refractivity contribution in [1.82, 2.24) is 5.32 Å². The van der Waals surface area contributed by atoms with Gasteiger partial charge in [-0.25, -0.2) is 0 Å². The van der Waals surface area contributed by atoms with E-state index in [2.05, 4.69) is 41.7 Å². The Kier molecular flexibility index (Phi) is 4.59. The van der Waals surface area contributed by atoms with E-state index in [0.717, 1.165) is 22.3 Å². The van der Waals surface area contributed by atoms with E-state index in [0.29, 0.717) is 18.7 Å². The number of fused-ring (bicyclic) bond motifs is 2. The Morgan fingerprint density at radius 3 is 2.05 bits per heavy atom. The molecule has 0 bridgehead atoms. The minimum absolute atomic E-state index is 0.0390. The zero-order chi connectivity index (χ0) is 15.4. The van der Waals surface area contributed by atoms with Gasteiger partial charge >= 0.3 is 0 Å². The van der Waals surface area contributed by atoms with Crippen molar-refractivity contribution in [2.75, 3.05) is 5.88 Å². The topological polar surface area (TPSA) is 29.1 Å². The van der Waals surface area contributed by atoms with Gasteiger partial charge in [0.05, 0.1) is 6.04 Å². The van der Waals surface area contributed by atoms with Gasteiger partial charge in [-0.2, -0.15) is 0 Å². The number of halogens is 1. The molecule has 0 atom stereocenters. The van der Waals surface area contributed by atoms with Crippen LogP contribution in [0, 0.1) is 0 Å². The van der Waals surface area contributed by atoms with Crippen LogP contribution in [0.4, 0.5) is 0 Å². The van der Waals surface area contributed by atoms with Gasteiger partial charge in [-0.05, 0) is 28.7 Å². The maximum absolute atomic E-state index is 12.2. The molecule has 0 radical (unpaired) electrons. The summed E-state index contributed by atoms with van der Waals surface area (Å²) >= 11 is 5.69. The number of hydrogen-bond donors (Lipinski definition) is 1. The van der Waals surface area contributed by atoms with Gasteiger partial charge in [-0.3, -0.25) is 4.79 Å². The van der Waals surface area contributed by atoms with E-state index in [9.17, 15) is 4.79 Å². The van der Waals surface area contributed by atoms with E-state index >= 15 is 0 Å². The first-order valence-electron chi connectivity index (χ1n) is 7.51. The quantitative estimate of drug-likeness (QED) is 0.833. The molecule has 112 valence electrons. The van der Waals surface area contributed by atoms with E-state index in [1.165, 1.54) is 0 Å². The van der Waals surface area contributed by atoms with Crippen LogP contribution >= 0.6 is 11.6 Å². The number of carbonyl (C=O) groups excluding carboxylic acids is 1. The smallest absolute Gasteiger partial charge is 0.220 e. The second-order valence-electron chi connectivity index (χ2n) is 5.38. The molecular formula is C19H18ClNO. The highest BCUT2D eigenvalue weighted by atomic mass is 35.5. The van der Waals surface area contributed by atoms with Crippen LogP contribution in [0.3, 0.4) is 0 Å². The normalized spacial score (nSPS) is 13.1. The van der Waals surface area contributed by atoms with Gasteiger partial charge in [0.2, 0.25) is 5.91 Å². The molecule has 1 amide bonds. The lowest BCUT2D eigenvalue weighted by atomic mass is 9.94. The fraction of sp³-hybridized carbons (Fsp3) is 0.211. The van der Waals surface area contributed by atoms with Gasteiger partial charge in [0.1, 0.15) is 0 Å². The van der Waals surface area contributed by atoms with Crippen LogP contribution < -0.4 is 5.32 Å². The average Bonchev–Trinajstić information content (AvgIpc) is 2.71. The number of alkyl halides is 1. The summed E-state index contributed by atoms with van der Waals surface area (Å²) in [5.74, 6) is 0.546. The highest BCUT2D eigenvalue weighted by Crippen LogP contribution is 2.32. The Bertz CT molecular complexity index is 659. The second-order valence-corrected chi connectivity index (χ2v) is 5.76. The van der Waals surface area contributed by atoms with Crippen LogP contribution in [-0.4, -0.2) is 11.8 Å². The van der Waals surface area contributed by atoms with Gasteiger partial charge in [-0.15, -0.1) is 11.6 Å². The predicted molar refractivity (Wildman–Crippen MR) is 91.8 cm³/mol. The first-order valence-corrected chi connectivity index (χ1v) is 8.04. The molecule has 0 heterocycles. The number of benzene rings is 2. The zero-order valence-corrected chi connectivity index (χ0v) is 13.0. The molecule has 0 aliphatic heterocycles. The third kappa shape index (κ3) is 3.07. The van der Waals surface area contributed by atoms with Crippen molar-refractivity contribution in [2.24, 2.45) is 0 Å². The highest BCUT2D eigenvalue weighted by Gasteiger charge is 2.22. The molecule has 2 aromatic rings. The summed E-state index contributed by atoms with van der Waals surface area (Å²) in [6, 6.07) is 16.3. The summed E-state index contributed by atoms with van der Waals surface area (Å²) in [7, 11) is 0. The monoisotopic (exact) mass is 311 g/mol. The summed E-state index contributed by atoms with van der Waals surface area (Å²) in [6.45, 7) is 0. The van der Waals surface area contributed by atoms with Crippen molar-refractivity contribution in [3.8, 4) is 0 Å². The minimum atomic E-state index is -0.120. The highest BCUT2D eigenvalue weighted by molar-refractivity contribution is 6.17. The fourth-order valence-corrected chi connectivity index (χ4v) is 2.95. The lowest BCUT2D eigenvalue weighted by molar-refractivity contribution is -0.121. The van der Waals surface area contributed by atoms with E-state index in [1.807, 2.05) is 24.3 Å². The minimum Gasteiger partial charge on any atom is -0.345 e. The van der Waals surface area contributed by atoms with Crippen molar-refractivity contribution in [1.29, 1.82) is 0 Å². The molecule has 3 heteroatoms. The zero-order valence-electron chi connectivity index (χ0n) is 12.3. The van der Waals surface area contributed by atoms with Crippen LogP contribution in [0.25, 0.3) is 12.2 Å². The molecule has 3 rings (SSSR count). The Labute approximate surface area is 135 Å². The van der Waals surface area contributed by atoms with Crippen molar-refractivity contribution >= 4 is 29.7 Å². The molecule has 2 aromatic carbocycles. The summed E-state index contributed by atoms with van der Waals surface area (Å²) < 4.78 is 0. The summed E-state index contributed by atoms with van der Waals surface area (Å²) in [4.78, 5) is 12.2. The molecule has 0 saturated heterocycles. The van der Waals surface area contributed by atoms with Crippen LogP contribution in [-0.2, 0) is 4.79 Å². The molecule has 0 aromatic heterocycles. The number of hydrogen-bond acceptors (Lipinski definition) is 1. The van der Waals surface area contributed by atoms with Crippen molar-refractivity contribution in [3.05, 3.63) is 70.8 Å². The molecule has 0 unspecified atom stereocenters. The Hall–Kier alpha value is -2.06. The summed E-state index contributed by atoms with van der Waals surface area (Å²) in [6.07, 6.45) is 5.37. The van der Waals surface area contributed by atoms with Crippen LogP contribution in [0.1, 0.15) is 41.1 Å². The van der Waals surface area contributed by atoms with E-state index in [4.69, 9.17) is 11.6 Å². The number of nitrogens with one attached hydrogen (secondary N) is 1. The van der Waals surface area contributed by atoms with E-state index in [-0.39, 0.29) is 11.9 Å².